The average Bonchev–Trinajstić information content (AvgIpc) is 2.82. The number of aliphatic hydroxyl groups is 1. The summed E-state index contributed by atoms with van der Waals surface area (Å²) in [5.41, 5.74) is -0.928. The van der Waals surface area contributed by atoms with Crippen molar-refractivity contribution < 1.29 is 22.7 Å². The van der Waals surface area contributed by atoms with Crippen LogP contribution in [0.4, 0.5) is 13.2 Å². The van der Waals surface area contributed by atoms with Gasteiger partial charge in [0.25, 0.3) is 0 Å². The predicted octanol–water partition coefficient (Wildman–Crippen LogP) is 4.37. The number of alkyl halides is 3. The second kappa shape index (κ2) is 4.52. The van der Waals surface area contributed by atoms with Gasteiger partial charge in [0.05, 0.1) is 5.92 Å². The molecule has 2 unspecified atom stereocenters. The molecule has 1 aliphatic carbocycles. The van der Waals surface area contributed by atoms with Gasteiger partial charge in [0.15, 0.2) is 0 Å². The number of hydrogen-bond acceptors (Lipinski definition) is 2. The van der Waals surface area contributed by atoms with E-state index in [4.69, 9.17) is 4.42 Å². The van der Waals surface area contributed by atoms with Gasteiger partial charge in [0.2, 0.25) is 0 Å². The number of hydrogen-bond donors (Lipinski definition) is 1. The summed E-state index contributed by atoms with van der Waals surface area (Å²) in [6, 6.07) is 8.82. The van der Waals surface area contributed by atoms with E-state index in [1.54, 1.807) is 18.2 Å². The highest BCUT2D eigenvalue weighted by Gasteiger charge is 2.48. The van der Waals surface area contributed by atoms with E-state index < -0.39 is 17.7 Å². The maximum atomic E-state index is 12.9. The van der Waals surface area contributed by atoms with Crippen molar-refractivity contribution in [3.05, 3.63) is 36.1 Å². The third kappa shape index (κ3) is 2.30. The lowest BCUT2D eigenvalue weighted by atomic mass is 9.76. The van der Waals surface area contributed by atoms with Crippen molar-refractivity contribution in [2.24, 2.45) is 5.92 Å². The van der Waals surface area contributed by atoms with Crippen LogP contribution in [-0.4, -0.2) is 11.3 Å². The van der Waals surface area contributed by atoms with Crippen LogP contribution in [0, 0.1) is 5.92 Å². The van der Waals surface area contributed by atoms with Gasteiger partial charge < -0.3 is 9.52 Å². The van der Waals surface area contributed by atoms with E-state index in [-0.39, 0.29) is 18.6 Å². The Morgan fingerprint density at radius 3 is 2.70 bits per heavy atom. The minimum absolute atomic E-state index is 0.0754. The van der Waals surface area contributed by atoms with Gasteiger partial charge in [0.1, 0.15) is 16.9 Å². The molecule has 0 saturated heterocycles. The molecule has 1 aromatic carbocycles. The molecule has 1 aliphatic rings. The van der Waals surface area contributed by atoms with Crippen molar-refractivity contribution in [3.63, 3.8) is 0 Å². The molecule has 5 heteroatoms. The number of para-hydroxylation sites is 1. The lowest BCUT2D eigenvalue weighted by molar-refractivity contribution is -0.203. The molecule has 1 fully saturated rings. The standard InChI is InChI=1S/C15H15F3O2/c16-15(17,18)11-5-3-7-14(19,9-11)13-8-10-4-1-2-6-12(10)20-13/h1-2,4,6,8,11,19H,3,5,7,9H2. The average molecular weight is 284 g/mol. The van der Waals surface area contributed by atoms with Crippen LogP contribution in [0.3, 0.4) is 0 Å². The summed E-state index contributed by atoms with van der Waals surface area (Å²) in [6.07, 6.45) is -3.86. The SMILES string of the molecule is OC1(c2cc3ccccc3o2)CCCC(C(F)(F)F)C1. The van der Waals surface area contributed by atoms with Crippen LogP contribution in [0.15, 0.2) is 34.7 Å². The van der Waals surface area contributed by atoms with E-state index in [2.05, 4.69) is 0 Å². The molecule has 1 aromatic heterocycles. The Morgan fingerprint density at radius 2 is 2.00 bits per heavy atom. The summed E-state index contributed by atoms with van der Waals surface area (Å²) in [7, 11) is 0. The summed E-state index contributed by atoms with van der Waals surface area (Å²) in [6.45, 7) is 0. The summed E-state index contributed by atoms with van der Waals surface area (Å²) in [5, 5.41) is 11.4. The smallest absolute Gasteiger partial charge is 0.391 e. The molecule has 2 atom stereocenters. The van der Waals surface area contributed by atoms with Crippen molar-refractivity contribution >= 4 is 11.0 Å². The number of fused-ring (bicyclic) bond motifs is 1. The zero-order valence-corrected chi connectivity index (χ0v) is 10.8. The molecule has 20 heavy (non-hydrogen) atoms. The van der Waals surface area contributed by atoms with Crippen molar-refractivity contribution in [2.75, 3.05) is 0 Å². The van der Waals surface area contributed by atoms with Crippen LogP contribution in [0.2, 0.25) is 0 Å². The highest BCUT2D eigenvalue weighted by molar-refractivity contribution is 5.77. The zero-order valence-electron chi connectivity index (χ0n) is 10.8. The van der Waals surface area contributed by atoms with Crippen LogP contribution < -0.4 is 0 Å². The Bertz CT molecular complexity index is 584. The first kappa shape index (κ1) is 13.5. The fraction of sp³-hybridized carbons (Fsp3) is 0.467. The molecule has 0 bridgehead atoms. The summed E-state index contributed by atoms with van der Waals surface area (Å²) < 4.78 is 44.1. The van der Waals surface area contributed by atoms with E-state index in [0.29, 0.717) is 18.4 Å². The van der Waals surface area contributed by atoms with Crippen LogP contribution >= 0.6 is 0 Å². The van der Waals surface area contributed by atoms with Gasteiger partial charge in [-0.3, -0.25) is 0 Å². The van der Waals surface area contributed by atoms with Gasteiger partial charge >= 0.3 is 6.18 Å². The van der Waals surface area contributed by atoms with E-state index in [1.807, 2.05) is 12.1 Å². The van der Waals surface area contributed by atoms with E-state index in [9.17, 15) is 18.3 Å². The number of furan rings is 1. The first-order chi connectivity index (χ1) is 9.38. The van der Waals surface area contributed by atoms with Gasteiger partial charge in [-0.15, -0.1) is 0 Å². The first-order valence-electron chi connectivity index (χ1n) is 6.67. The topological polar surface area (TPSA) is 33.4 Å². The summed E-state index contributed by atoms with van der Waals surface area (Å²) in [5.74, 6) is -1.22. The Kier molecular flexibility index (Phi) is 3.05. The first-order valence-corrected chi connectivity index (χ1v) is 6.67. The predicted molar refractivity (Wildman–Crippen MR) is 68.1 cm³/mol. The van der Waals surface area contributed by atoms with Gasteiger partial charge in [-0.1, -0.05) is 18.2 Å². The van der Waals surface area contributed by atoms with E-state index >= 15 is 0 Å². The maximum absolute atomic E-state index is 12.9. The third-order valence-electron chi connectivity index (χ3n) is 4.07. The second-order valence-electron chi connectivity index (χ2n) is 5.51. The lowest BCUT2D eigenvalue weighted by Crippen LogP contribution is -2.38. The minimum atomic E-state index is -4.26. The molecular formula is C15H15F3O2. The normalized spacial score (nSPS) is 27.9. The Balaban J connectivity index is 1.94. The molecule has 0 aliphatic heterocycles. The maximum Gasteiger partial charge on any atom is 0.391 e. The number of benzene rings is 1. The summed E-state index contributed by atoms with van der Waals surface area (Å²) in [4.78, 5) is 0. The number of halogens is 3. The molecule has 2 aromatic rings. The Labute approximate surface area is 114 Å². The molecule has 108 valence electrons. The van der Waals surface area contributed by atoms with Crippen molar-refractivity contribution in [2.45, 2.75) is 37.5 Å². The highest BCUT2D eigenvalue weighted by atomic mass is 19.4. The fourth-order valence-corrected chi connectivity index (χ4v) is 2.97. The van der Waals surface area contributed by atoms with Crippen LogP contribution in [0.5, 0.6) is 0 Å². The van der Waals surface area contributed by atoms with E-state index in [0.717, 1.165) is 5.39 Å². The summed E-state index contributed by atoms with van der Waals surface area (Å²) >= 11 is 0. The van der Waals surface area contributed by atoms with Gasteiger partial charge in [0, 0.05) is 5.39 Å². The molecular weight excluding hydrogens is 269 g/mol. The van der Waals surface area contributed by atoms with Crippen molar-refractivity contribution in [1.82, 2.24) is 0 Å². The third-order valence-corrected chi connectivity index (χ3v) is 4.07. The minimum Gasteiger partial charge on any atom is -0.458 e. The fourth-order valence-electron chi connectivity index (χ4n) is 2.97. The quantitative estimate of drug-likeness (QED) is 0.843. The monoisotopic (exact) mass is 284 g/mol. The molecule has 1 N–H and O–H groups in total. The van der Waals surface area contributed by atoms with E-state index in [1.165, 1.54) is 0 Å². The molecule has 1 heterocycles. The molecule has 0 spiro atoms. The van der Waals surface area contributed by atoms with Crippen LogP contribution in [0.1, 0.15) is 31.4 Å². The van der Waals surface area contributed by atoms with Crippen LogP contribution in [-0.2, 0) is 5.60 Å². The van der Waals surface area contributed by atoms with Crippen LogP contribution in [0.25, 0.3) is 11.0 Å². The van der Waals surface area contributed by atoms with Gasteiger partial charge in [-0.2, -0.15) is 13.2 Å². The van der Waals surface area contributed by atoms with Gasteiger partial charge in [-0.25, -0.2) is 0 Å². The second-order valence-corrected chi connectivity index (χ2v) is 5.51. The Hall–Kier alpha value is -1.49. The molecule has 0 radical (unpaired) electrons. The molecule has 1 saturated carbocycles. The molecule has 3 rings (SSSR count). The zero-order chi connectivity index (χ0) is 14.4. The highest BCUT2D eigenvalue weighted by Crippen LogP contribution is 2.46. The van der Waals surface area contributed by atoms with Crippen molar-refractivity contribution in [3.8, 4) is 0 Å². The molecule has 0 amide bonds. The largest absolute Gasteiger partial charge is 0.458 e. The van der Waals surface area contributed by atoms with Gasteiger partial charge in [-0.05, 0) is 37.8 Å². The molecule has 2 nitrogen and oxygen atoms in total. The number of rotatable bonds is 1. The lowest BCUT2D eigenvalue weighted by Gasteiger charge is -2.36. The van der Waals surface area contributed by atoms with Crippen molar-refractivity contribution in [1.29, 1.82) is 0 Å². The Morgan fingerprint density at radius 1 is 1.25 bits per heavy atom.